The third kappa shape index (κ3) is 2.45. The molecule has 3 rings (SSSR count). The molecule has 0 saturated carbocycles. The van der Waals surface area contributed by atoms with Gasteiger partial charge < -0.3 is 10.6 Å². The van der Waals surface area contributed by atoms with E-state index in [2.05, 4.69) is 42.0 Å². The number of rotatable bonds is 3. The molecular formula is C17H27N3. The van der Waals surface area contributed by atoms with Gasteiger partial charge in [-0.3, -0.25) is 4.90 Å². The lowest BCUT2D eigenvalue weighted by atomic mass is 9.95. The minimum atomic E-state index is 0.390. The van der Waals surface area contributed by atoms with Crippen molar-refractivity contribution in [3.8, 4) is 0 Å². The average molecular weight is 273 g/mol. The number of hydrogen-bond donors (Lipinski definition) is 1. The largest absolute Gasteiger partial charge is 0.374 e. The van der Waals surface area contributed by atoms with Crippen molar-refractivity contribution in [3.63, 3.8) is 0 Å². The number of nitrogens with two attached hydrogens (primary N) is 1. The van der Waals surface area contributed by atoms with E-state index < -0.39 is 0 Å². The molecule has 2 unspecified atom stereocenters. The number of likely N-dealkylation sites (tertiary alicyclic amines) is 1. The van der Waals surface area contributed by atoms with Crippen LogP contribution in [0.25, 0.3) is 0 Å². The average Bonchev–Trinajstić information content (AvgIpc) is 2.83. The van der Waals surface area contributed by atoms with Gasteiger partial charge >= 0.3 is 0 Å². The van der Waals surface area contributed by atoms with Gasteiger partial charge in [-0.2, -0.15) is 0 Å². The minimum absolute atomic E-state index is 0.390. The fraction of sp³-hybridized carbons (Fsp3) is 0.647. The second-order valence-corrected chi connectivity index (χ2v) is 6.39. The van der Waals surface area contributed by atoms with Crippen molar-refractivity contribution in [1.82, 2.24) is 4.90 Å². The smallest absolute Gasteiger partial charge is 0.0473 e. The highest BCUT2D eigenvalue weighted by Gasteiger charge is 2.27. The summed E-state index contributed by atoms with van der Waals surface area (Å²) in [5.41, 5.74) is 10.4. The summed E-state index contributed by atoms with van der Waals surface area (Å²) in [6.45, 7) is 5.41. The zero-order valence-electron chi connectivity index (χ0n) is 12.8. The molecular weight excluding hydrogens is 246 g/mol. The molecule has 0 spiro atoms. The van der Waals surface area contributed by atoms with Crippen molar-refractivity contribution < 1.29 is 0 Å². The summed E-state index contributed by atoms with van der Waals surface area (Å²) in [4.78, 5) is 4.96. The predicted molar refractivity (Wildman–Crippen MR) is 85.2 cm³/mol. The van der Waals surface area contributed by atoms with Crippen LogP contribution in [0, 0.1) is 0 Å². The molecule has 2 N–H and O–H groups in total. The maximum absolute atomic E-state index is 6.12. The first-order valence-electron chi connectivity index (χ1n) is 8.00. The molecule has 2 atom stereocenters. The maximum atomic E-state index is 6.12. The standard InChI is InChI=1S/C17H27N3/c1-13-5-3-4-9-20(13)17(12-18)14-6-7-16-15(11-14)8-10-19(16)2/h6-7,11,13,17H,3-5,8-10,12,18H2,1-2H3. The Balaban J connectivity index is 1.86. The van der Waals surface area contributed by atoms with Crippen LogP contribution in [0.3, 0.4) is 0 Å². The summed E-state index contributed by atoms with van der Waals surface area (Å²) in [5.74, 6) is 0. The normalized spacial score (nSPS) is 24.8. The third-order valence-electron chi connectivity index (χ3n) is 5.09. The fourth-order valence-electron chi connectivity index (χ4n) is 3.84. The van der Waals surface area contributed by atoms with E-state index in [0.717, 1.165) is 13.1 Å². The Morgan fingerprint density at radius 1 is 1.30 bits per heavy atom. The SMILES string of the molecule is CC1CCCCN1C(CN)c1ccc2c(c1)CCN2C. The van der Waals surface area contributed by atoms with Crippen LogP contribution in [-0.4, -0.2) is 37.6 Å². The van der Waals surface area contributed by atoms with Gasteiger partial charge in [-0.1, -0.05) is 18.6 Å². The Labute approximate surface area is 122 Å². The van der Waals surface area contributed by atoms with Gasteiger partial charge in [-0.25, -0.2) is 0 Å². The Morgan fingerprint density at radius 3 is 2.90 bits per heavy atom. The minimum Gasteiger partial charge on any atom is -0.374 e. The van der Waals surface area contributed by atoms with Crippen LogP contribution in [0.4, 0.5) is 5.69 Å². The van der Waals surface area contributed by atoms with Crippen molar-refractivity contribution in [2.45, 2.75) is 44.7 Å². The van der Waals surface area contributed by atoms with E-state index in [9.17, 15) is 0 Å². The van der Waals surface area contributed by atoms with Crippen LogP contribution in [0.2, 0.25) is 0 Å². The Morgan fingerprint density at radius 2 is 2.15 bits per heavy atom. The molecule has 0 radical (unpaired) electrons. The summed E-state index contributed by atoms with van der Waals surface area (Å²) in [7, 11) is 2.18. The Bertz CT molecular complexity index is 471. The van der Waals surface area contributed by atoms with E-state index in [1.807, 2.05) is 0 Å². The first kappa shape index (κ1) is 13.9. The number of piperidine rings is 1. The molecule has 2 aliphatic rings. The fourth-order valence-corrected chi connectivity index (χ4v) is 3.84. The van der Waals surface area contributed by atoms with Crippen LogP contribution >= 0.6 is 0 Å². The van der Waals surface area contributed by atoms with Gasteiger partial charge in [0.2, 0.25) is 0 Å². The number of hydrogen-bond acceptors (Lipinski definition) is 3. The summed E-state index contributed by atoms with van der Waals surface area (Å²) in [6, 6.07) is 8.03. The summed E-state index contributed by atoms with van der Waals surface area (Å²) < 4.78 is 0. The highest BCUT2D eigenvalue weighted by molar-refractivity contribution is 5.58. The second-order valence-electron chi connectivity index (χ2n) is 6.39. The number of anilines is 1. The quantitative estimate of drug-likeness (QED) is 0.918. The molecule has 0 amide bonds. The Hall–Kier alpha value is -1.06. The summed E-state index contributed by atoms with van der Waals surface area (Å²) in [5, 5.41) is 0. The van der Waals surface area contributed by atoms with Gasteiger partial charge in [0.25, 0.3) is 0 Å². The van der Waals surface area contributed by atoms with E-state index >= 15 is 0 Å². The molecule has 1 fully saturated rings. The molecule has 1 aromatic rings. The van der Waals surface area contributed by atoms with Crippen molar-refractivity contribution in [3.05, 3.63) is 29.3 Å². The van der Waals surface area contributed by atoms with Crippen molar-refractivity contribution >= 4 is 5.69 Å². The third-order valence-corrected chi connectivity index (χ3v) is 5.09. The molecule has 20 heavy (non-hydrogen) atoms. The maximum Gasteiger partial charge on any atom is 0.0473 e. The predicted octanol–water partition coefficient (Wildman–Crippen LogP) is 2.55. The second kappa shape index (κ2) is 5.74. The van der Waals surface area contributed by atoms with E-state index in [1.54, 1.807) is 0 Å². The molecule has 1 aromatic carbocycles. The van der Waals surface area contributed by atoms with Crippen molar-refractivity contribution in [2.24, 2.45) is 5.73 Å². The van der Waals surface area contributed by atoms with Gasteiger partial charge in [0.15, 0.2) is 0 Å². The van der Waals surface area contributed by atoms with Crippen molar-refractivity contribution in [2.75, 3.05) is 31.6 Å². The molecule has 3 nitrogen and oxygen atoms in total. The molecule has 0 aliphatic carbocycles. The van der Waals surface area contributed by atoms with E-state index in [-0.39, 0.29) is 0 Å². The lowest BCUT2D eigenvalue weighted by Crippen LogP contribution is -2.43. The van der Waals surface area contributed by atoms with Gasteiger partial charge in [-0.15, -0.1) is 0 Å². The Kier molecular flexibility index (Phi) is 3.99. The topological polar surface area (TPSA) is 32.5 Å². The summed E-state index contributed by atoms with van der Waals surface area (Å²) in [6.07, 6.45) is 5.16. The van der Waals surface area contributed by atoms with E-state index in [1.165, 1.54) is 49.0 Å². The molecule has 0 aromatic heterocycles. The zero-order valence-corrected chi connectivity index (χ0v) is 12.8. The van der Waals surface area contributed by atoms with Crippen LogP contribution in [0.5, 0.6) is 0 Å². The lowest BCUT2D eigenvalue weighted by Gasteiger charge is -2.39. The van der Waals surface area contributed by atoms with Crippen LogP contribution in [0.15, 0.2) is 18.2 Å². The van der Waals surface area contributed by atoms with Crippen LogP contribution in [-0.2, 0) is 6.42 Å². The molecule has 0 bridgehead atoms. The van der Waals surface area contributed by atoms with Crippen LogP contribution in [0.1, 0.15) is 43.4 Å². The number of fused-ring (bicyclic) bond motifs is 1. The zero-order chi connectivity index (χ0) is 14.1. The first-order chi connectivity index (χ1) is 9.70. The lowest BCUT2D eigenvalue weighted by molar-refractivity contribution is 0.109. The molecule has 2 heterocycles. The molecule has 110 valence electrons. The van der Waals surface area contributed by atoms with Crippen molar-refractivity contribution in [1.29, 1.82) is 0 Å². The molecule has 1 saturated heterocycles. The summed E-state index contributed by atoms with van der Waals surface area (Å²) >= 11 is 0. The molecule has 3 heteroatoms. The first-order valence-corrected chi connectivity index (χ1v) is 8.00. The monoisotopic (exact) mass is 273 g/mol. The number of nitrogens with zero attached hydrogens (tertiary/aromatic N) is 2. The van der Waals surface area contributed by atoms with E-state index in [0.29, 0.717) is 12.1 Å². The number of benzene rings is 1. The van der Waals surface area contributed by atoms with Crippen LogP contribution < -0.4 is 10.6 Å². The van der Waals surface area contributed by atoms with Gasteiger partial charge in [-0.05, 0) is 49.9 Å². The highest BCUT2D eigenvalue weighted by atomic mass is 15.2. The van der Waals surface area contributed by atoms with Gasteiger partial charge in [0, 0.05) is 37.9 Å². The van der Waals surface area contributed by atoms with E-state index in [4.69, 9.17) is 5.73 Å². The molecule has 2 aliphatic heterocycles. The van der Waals surface area contributed by atoms with Gasteiger partial charge in [0.05, 0.1) is 0 Å². The number of likely N-dealkylation sites (N-methyl/N-ethyl adjacent to an activating group) is 1. The highest BCUT2D eigenvalue weighted by Crippen LogP contribution is 2.33. The van der Waals surface area contributed by atoms with Gasteiger partial charge in [0.1, 0.15) is 0 Å².